The first kappa shape index (κ1) is 12.9. The van der Waals surface area contributed by atoms with E-state index in [4.69, 9.17) is 11.6 Å². The first-order valence-electron chi connectivity index (χ1n) is 5.69. The minimum absolute atomic E-state index is 0.0360. The summed E-state index contributed by atoms with van der Waals surface area (Å²) in [5.74, 6) is 0.373. The minimum Gasteiger partial charge on any atom is -0.362 e. The molecule has 18 heavy (non-hydrogen) atoms. The van der Waals surface area contributed by atoms with Crippen LogP contribution in [0.25, 0.3) is 0 Å². The summed E-state index contributed by atoms with van der Waals surface area (Å²) in [6, 6.07) is 6.72. The Bertz CT molecular complexity index is 546. The lowest BCUT2D eigenvalue weighted by Gasteiger charge is -2.13. The highest BCUT2D eigenvalue weighted by molar-refractivity contribution is 6.30. The molecule has 1 heterocycles. The molecule has 1 unspecified atom stereocenters. The second-order valence-corrected chi connectivity index (χ2v) is 4.74. The Kier molecular flexibility index (Phi) is 3.57. The van der Waals surface area contributed by atoms with Gasteiger partial charge in [0, 0.05) is 18.8 Å². The molecule has 0 aliphatic rings. The fourth-order valence-electron chi connectivity index (χ4n) is 1.72. The normalized spacial score (nSPS) is 12.5. The summed E-state index contributed by atoms with van der Waals surface area (Å²) < 4.78 is 15.2. The number of hydrogen-bond acceptors (Lipinski definition) is 2. The van der Waals surface area contributed by atoms with Crippen molar-refractivity contribution in [3.8, 4) is 0 Å². The van der Waals surface area contributed by atoms with Gasteiger partial charge in [-0.3, -0.25) is 4.68 Å². The minimum atomic E-state index is -0.403. The number of anilines is 1. The van der Waals surface area contributed by atoms with Gasteiger partial charge in [0.15, 0.2) is 0 Å². The van der Waals surface area contributed by atoms with Gasteiger partial charge in [-0.05, 0) is 31.5 Å². The molecule has 1 aromatic carbocycles. The van der Waals surface area contributed by atoms with Gasteiger partial charge in [0.2, 0.25) is 0 Å². The van der Waals surface area contributed by atoms with E-state index in [0.29, 0.717) is 0 Å². The molecule has 0 bridgehead atoms. The zero-order valence-corrected chi connectivity index (χ0v) is 11.3. The van der Waals surface area contributed by atoms with Gasteiger partial charge in [-0.15, -0.1) is 0 Å². The molecule has 2 aromatic rings. The molecular formula is C13H15ClFN3. The van der Waals surface area contributed by atoms with E-state index in [1.807, 2.05) is 27.0 Å². The molecule has 0 radical (unpaired) electrons. The molecule has 5 heteroatoms. The first-order valence-corrected chi connectivity index (χ1v) is 6.07. The molecule has 3 nitrogen and oxygen atoms in total. The van der Waals surface area contributed by atoms with Gasteiger partial charge in [0.05, 0.1) is 11.1 Å². The molecule has 0 saturated heterocycles. The number of aromatic nitrogens is 2. The van der Waals surface area contributed by atoms with Gasteiger partial charge in [0.1, 0.15) is 11.6 Å². The average molecular weight is 268 g/mol. The Balaban J connectivity index is 2.16. The van der Waals surface area contributed by atoms with Crippen molar-refractivity contribution in [2.75, 3.05) is 5.32 Å². The Morgan fingerprint density at radius 3 is 2.67 bits per heavy atom. The van der Waals surface area contributed by atoms with Gasteiger partial charge in [-0.1, -0.05) is 17.7 Å². The molecule has 0 aliphatic heterocycles. The van der Waals surface area contributed by atoms with Crippen molar-refractivity contribution in [3.63, 3.8) is 0 Å². The molecule has 0 fully saturated rings. The summed E-state index contributed by atoms with van der Waals surface area (Å²) in [5.41, 5.74) is 1.90. The second kappa shape index (κ2) is 4.98. The number of nitrogens with zero attached hydrogens (tertiary/aromatic N) is 2. The largest absolute Gasteiger partial charge is 0.362 e. The quantitative estimate of drug-likeness (QED) is 0.919. The number of halogens is 2. The second-order valence-electron chi connectivity index (χ2n) is 4.33. The summed E-state index contributed by atoms with van der Waals surface area (Å²) in [6.45, 7) is 3.93. The fraction of sp³-hybridized carbons (Fsp3) is 0.308. The smallest absolute Gasteiger partial charge is 0.148 e. The van der Waals surface area contributed by atoms with Crippen molar-refractivity contribution in [1.29, 1.82) is 0 Å². The number of aryl methyl sites for hydroxylation is 2. The maximum Gasteiger partial charge on any atom is 0.148 e. The van der Waals surface area contributed by atoms with Crippen LogP contribution in [0.4, 0.5) is 10.2 Å². The number of rotatable bonds is 3. The van der Waals surface area contributed by atoms with Crippen LogP contribution >= 0.6 is 11.6 Å². The predicted molar refractivity (Wildman–Crippen MR) is 71.4 cm³/mol. The van der Waals surface area contributed by atoms with Gasteiger partial charge in [-0.25, -0.2) is 4.39 Å². The van der Waals surface area contributed by atoms with E-state index in [-0.39, 0.29) is 11.1 Å². The number of benzene rings is 1. The molecule has 0 saturated carbocycles. The third-order valence-corrected chi connectivity index (χ3v) is 3.23. The van der Waals surface area contributed by atoms with Crippen molar-refractivity contribution < 1.29 is 4.39 Å². The van der Waals surface area contributed by atoms with Crippen molar-refractivity contribution in [1.82, 2.24) is 9.78 Å². The van der Waals surface area contributed by atoms with Crippen LogP contribution in [0.3, 0.4) is 0 Å². The lowest BCUT2D eigenvalue weighted by Crippen LogP contribution is -2.07. The van der Waals surface area contributed by atoms with Crippen LogP contribution in [-0.4, -0.2) is 9.78 Å². The van der Waals surface area contributed by atoms with E-state index in [1.165, 1.54) is 6.07 Å². The van der Waals surface area contributed by atoms with Crippen molar-refractivity contribution >= 4 is 17.4 Å². The molecule has 0 amide bonds. The lowest BCUT2D eigenvalue weighted by atomic mass is 10.1. The van der Waals surface area contributed by atoms with E-state index < -0.39 is 5.82 Å². The van der Waals surface area contributed by atoms with Crippen LogP contribution in [0, 0.1) is 12.7 Å². The fourth-order valence-corrected chi connectivity index (χ4v) is 1.84. The van der Waals surface area contributed by atoms with E-state index in [9.17, 15) is 4.39 Å². The van der Waals surface area contributed by atoms with Gasteiger partial charge >= 0.3 is 0 Å². The van der Waals surface area contributed by atoms with Crippen LogP contribution in [0.2, 0.25) is 5.02 Å². The topological polar surface area (TPSA) is 29.9 Å². The highest BCUT2D eigenvalue weighted by atomic mass is 35.5. The summed E-state index contributed by atoms with van der Waals surface area (Å²) in [5, 5.41) is 7.66. The summed E-state index contributed by atoms with van der Waals surface area (Å²) >= 11 is 5.66. The van der Waals surface area contributed by atoms with Crippen LogP contribution in [0.15, 0.2) is 24.3 Å². The van der Waals surface area contributed by atoms with E-state index in [2.05, 4.69) is 10.4 Å². The summed E-state index contributed by atoms with van der Waals surface area (Å²) in [6.07, 6.45) is 0. The van der Waals surface area contributed by atoms with Gasteiger partial charge in [-0.2, -0.15) is 5.10 Å². The van der Waals surface area contributed by atoms with Crippen LogP contribution in [0.1, 0.15) is 24.2 Å². The highest BCUT2D eigenvalue weighted by Crippen LogP contribution is 2.22. The molecular weight excluding hydrogens is 253 g/mol. The van der Waals surface area contributed by atoms with Gasteiger partial charge in [0.25, 0.3) is 0 Å². The lowest BCUT2D eigenvalue weighted by molar-refractivity contribution is 0.624. The Morgan fingerprint density at radius 2 is 2.11 bits per heavy atom. The summed E-state index contributed by atoms with van der Waals surface area (Å²) in [7, 11) is 1.88. The van der Waals surface area contributed by atoms with Gasteiger partial charge < -0.3 is 5.32 Å². The van der Waals surface area contributed by atoms with E-state index >= 15 is 0 Å². The SMILES string of the molecule is Cc1cc(NC(C)c2ccc(Cl)c(F)c2)nn1C. The van der Waals surface area contributed by atoms with E-state index in [0.717, 1.165) is 17.1 Å². The van der Waals surface area contributed by atoms with Crippen molar-refractivity contribution in [2.24, 2.45) is 7.05 Å². The molecule has 1 aromatic heterocycles. The first-order chi connectivity index (χ1) is 8.47. The third-order valence-electron chi connectivity index (χ3n) is 2.92. The van der Waals surface area contributed by atoms with Crippen LogP contribution < -0.4 is 5.32 Å². The molecule has 1 N–H and O–H groups in total. The predicted octanol–water partition coefficient (Wildman–Crippen LogP) is 3.69. The highest BCUT2D eigenvalue weighted by Gasteiger charge is 2.10. The molecule has 0 aliphatic carbocycles. The maximum atomic E-state index is 13.4. The standard InChI is InChI=1S/C13H15ClFN3/c1-8-6-13(17-18(8)3)16-9(2)10-4-5-11(14)12(15)7-10/h4-7,9H,1-3H3,(H,16,17). The zero-order valence-electron chi connectivity index (χ0n) is 10.5. The van der Waals surface area contributed by atoms with Crippen LogP contribution in [-0.2, 0) is 7.05 Å². The molecule has 96 valence electrons. The van der Waals surface area contributed by atoms with Crippen molar-refractivity contribution in [3.05, 3.63) is 46.4 Å². The Morgan fingerprint density at radius 1 is 1.39 bits per heavy atom. The maximum absolute atomic E-state index is 13.4. The molecule has 0 spiro atoms. The summed E-state index contributed by atoms with van der Waals surface area (Å²) in [4.78, 5) is 0. The van der Waals surface area contributed by atoms with E-state index in [1.54, 1.807) is 16.8 Å². The average Bonchev–Trinajstić information content (AvgIpc) is 2.61. The Labute approximate surface area is 111 Å². The van der Waals surface area contributed by atoms with Crippen LogP contribution in [0.5, 0.6) is 0 Å². The monoisotopic (exact) mass is 267 g/mol. The molecule has 1 atom stereocenters. The Hall–Kier alpha value is -1.55. The number of hydrogen-bond donors (Lipinski definition) is 1. The third kappa shape index (κ3) is 2.64. The zero-order chi connectivity index (χ0) is 13.3. The van der Waals surface area contributed by atoms with Crippen molar-refractivity contribution in [2.45, 2.75) is 19.9 Å². The molecule has 2 rings (SSSR count). The number of nitrogens with one attached hydrogen (secondary N) is 1.